The van der Waals surface area contributed by atoms with Crippen LogP contribution in [0.1, 0.15) is 12.1 Å². The Balaban J connectivity index is 1.81. The number of thioether (sulfide) groups is 1. The summed E-state index contributed by atoms with van der Waals surface area (Å²) in [6, 6.07) is 8.89. The summed E-state index contributed by atoms with van der Waals surface area (Å²) in [7, 11) is 0. The van der Waals surface area contributed by atoms with Crippen LogP contribution in [-0.4, -0.2) is 27.0 Å². The van der Waals surface area contributed by atoms with Crippen LogP contribution in [0.3, 0.4) is 0 Å². The first-order chi connectivity index (χ1) is 10.5. The first kappa shape index (κ1) is 15.2. The number of carbonyl (C=O) groups is 2. The van der Waals surface area contributed by atoms with Crippen molar-refractivity contribution in [2.75, 3.05) is 4.90 Å². The second kappa shape index (κ2) is 6.18. The fraction of sp³-hybridized carbons (Fsp3) is 0.200. The molecule has 7 heteroatoms. The molecule has 112 valence electrons. The van der Waals surface area contributed by atoms with E-state index < -0.39 is 5.25 Å². The summed E-state index contributed by atoms with van der Waals surface area (Å²) >= 11 is 4.57. The minimum Gasteiger partial charge on any atom is -0.274 e. The number of aryl methyl sites for hydroxylation is 1. The summed E-state index contributed by atoms with van der Waals surface area (Å²) in [4.78, 5) is 34.3. The van der Waals surface area contributed by atoms with Gasteiger partial charge in [0, 0.05) is 22.8 Å². The highest BCUT2D eigenvalue weighted by molar-refractivity contribution is 9.10. The molecule has 1 saturated heterocycles. The molecule has 22 heavy (non-hydrogen) atoms. The van der Waals surface area contributed by atoms with Crippen molar-refractivity contribution in [1.82, 2.24) is 9.97 Å². The molecule has 1 aromatic carbocycles. The van der Waals surface area contributed by atoms with Crippen LogP contribution < -0.4 is 4.90 Å². The van der Waals surface area contributed by atoms with Crippen LogP contribution in [0.25, 0.3) is 0 Å². The smallest absolute Gasteiger partial charge is 0.247 e. The molecule has 0 bridgehead atoms. The Hall–Kier alpha value is -1.73. The minimum atomic E-state index is -0.474. The highest BCUT2D eigenvalue weighted by Crippen LogP contribution is 2.32. The van der Waals surface area contributed by atoms with Crippen molar-refractivity contribution in [2.24, 2.45) is 0 Å². The number of carbonyl (C=O) groups excluding carboxylic acids is 2. The zero-order valence-corrected chi connectivity index (χ0v) is 14.1. The standard InChI is InChI=1S/C15H12BrN3O2S/c1-9-6-7-17-15(18-9)22-12-8-13(20)19(14(12)21)11-4-2-10(16)3-5-11/h2-7,12H,8H2,1H3/t12-/m1/s1. The third-order valence-electron chi connectivity index (χ3n) is 3.21. The van der Waals surface area contributed by atoms with Crippen LogP contribution >= 0.6 is 27.7 Å². The summed E-state index contributed by atoms with van der Waals surface area (Å²) in [5.41, 5.74) is 1.42. The first-order valence-corrected chi connectivity index (χ1v) is 8.30. The topological polar surface area (TPSA) is 63.2 Å². The monoisotopic (exact) mass is 377 g/mol. The minimum absolute atomic E-state index is 0.164. The van der Waals surface area contributed by atoms with Gasteiger partial charge in [0.1, 0.15) is 5.25 Å². The maximum atomic E-state index is 12.5. The van der Waals surface area contributed by atoms with Crippen LogP contribution in [0.2, 0.25) is 0 Å². The fourth-order valence-corrected chi connectivity index (χ4v) is 3.44. The van der Waals surface area contributed by atoms with Gasteiger partial charge in [0.15, 0.2) is 5.16 Å². The van der Waals surface area contributed by atoms with Gasteiger partial charge in [-0.15, -0.1) is 0 Å². The number of halogens is 1. The van der Waals surface area contributed by atoms with Gasteiger partial charge in [-0.2, -0.15) is 0 Å². The number of anilines is 1. The zero-order chi connectivity index (χ0) is 15.7. The lowest BCUT2D eigenvalue weighted by Gasteiger charge is -2.14. The molecule has 2 heterocycles. The number of benzene rings is 1. The highest BCUT2D eigenvalue weighted by atomic mass is 79.9. The van der Waals surface area contributed by atoms with Gasteiger partial charge in [-0.1, -0.05) is 27.7 Å². The number of hydrogen-bond donors (Lipinski definition) is 0. The average molecular weight is 378 g/mol. The first-order valence-electron chi connectivity index (χ1n) is 6.63. The predicted octanol–water partition coefficient (Wildman–Crippen LogP) is 2.97. The molecule has 1 fully saturated rings. The van der Waals surface area contributed by atoms with Crippen LogP contribution in [0.4, 0.5) is 5.69 Å². The number of rotatable bonds is 3. The van der Waals surface area contributed by atoms with E-state index >= 15 is 0 Å². The van der Waals surface area contributed by atoms with Crippen LogP contribution in [0.5, 0.6) is 0 Å². The molecule has 1 aromatic heterocycles. The van der Waals surface area contributed by atoms with Crippen molar-refractivity contribution in [3.8, 4) is 0 Å². The average Bonchev–Trinajstić information content (AvgIpc) is 2.75. The molecule has 0 N–H and O–H groups in total. The van der Waals surface area contributed by atoms with Gasteiger partial charge >= 0.3 is 0 Å². The van der Waals surface area contributed by atoms with Crippen LogP contribution in [0.15, 0.2) is 46.2 Å². The van der Waals surface area contributed by atoms with Gasteiger partial charge in [-0.3, -0.25) is 9.59 Å². The normalized spacial score (nSPS) is 18.1. The van der Waals surface area contributed by atoms with Crippen molar-refractivity contribution in [3.63, 3.8) is 0 Å². The second-order valence-electron chi connectivity index (χ2n) is 4.84. The van der Waals surface area contributed by atoms with E-state index in [4.69, 9.17) is 0 Å². The fourth-order valence-electron chi connectivity index (χ4n) is 2.17. The van der Waals surface area contributed by atoms with E-state index in [9.17, 15) is 9.59 Å². The maximum absolute atomic E-state index is 12.5. The molecule has 0 aliphatic carbocycles. The Kier molecular flexibility index (Phi) is 4.26. The summed E-state index contributed by atoms with van der Waals surface area (Å²) in [5.74, 6) is -0.417. The molecule has 2 amide bonds. The molecule has 5 nitrogen and oxygen atoms in total. The third-order valence-corrected chi connectivity index (χ3v) is 4.80. The van der Waals surface area contributed by atoms with Gasteiger partial charge in [0.25, 0.3) is 0 Å². The zero-order valence-electron chi connectivity index (χ0n) is 11.7. The van der Waals surface area contributed by atoms with E-state index in [1.165, 1.54) is 16.7 Å². The maximum Gasteiger partial charge on any atom is 0.247 e. The van der Waals surface area contributed by atoms with Crippen molar-refractivity contribution in [3.05, 3.63) is 46.7 Å². The van der Waals surface area contributed by atoms with Gasteiger partial charge in [-0.05, 0) is 37.3 Å². The number of aromatic nitrogens is 2. The molecule has 0 radical (unpaired) electrons. The summed E-state index contributed by atoms with van der Waals surface area (Å²) < 4.78 is 0.898. The second-order valence-corrected chi connectivity index (χ2v) is 6.92. The molecule has 1 aliphatic heterocycles. The molecule has 0 spiro atoms. The van der Waals surface area contributed by atoms with Crippen molar-refractivity contribution in [1.29, 1.82) is 0 Å². The number of hydrogen-bond acceptors (Lipinski definition) is 5. The molecule has 0 saturated carbocycles. The van der Waals surface area contributed by atoms with Crippen molar-refractivity contribution >= 4 is 45.2 Å². The summed E-state index contributed by atoms with van der Waals surface area (Å²) in [5, 5.41) is 0.0433. The van der Waals surface area contributed by atoms with Crippen molar-refractivity contribution < 1.29 is 9.59 Å². The highest BCUT2D eigenvalue weighted by Gasteiger charge is 2.40. The molecule has 1 atom stereocenters. The SMILES string of the molecule is Cc1ccnc(S[C@@H]2CC(=O)N(c3ccc(Br)cc3)C2=O)n1. The largest absolute Gasteiger partial charge is 0.274 e. The van der Waals surface area contributed by atoms with Crippen molar-refractivity contribution in [2.45, 2.75) is 23.8 Å². The lowest BCUT2D eigenvalue weighted by atomic mass is 10.3. The Morgan fingerprint density at radius 1 is 1.23 bits per heavy atom. The molecular formula is C15H12BrN3O2S. The lowest BCUT2D eigenvalue weighted by molar-refractivity contribution is -0.121. The Labute approximate surface area is 140 Å². The van der Waals surface area contributed by atoms with Gasteiger partial charge in [-0.25, -0.2) is 14.9 Å². The third kappa shape index (κ3) is 3.05. The summed E-state index contributed by atoms with van der Waals surface area (Å²) in [6.07, 6.45) is 1.81. The van der Waals surface area contributed by atoms with E-state index in [0.717, 1.165) is 10.2 Å². The number of imide groups is 1. The van der Waals surface area contributed by atoms with E-state index in [0.29, 0.717) is 10.8 Å². The Bertz CT molecular complexity index is 736. The van der Waals surface area contributed by atoms with E-state index in [-0.39, 0.29) is 18.2 Å². The van der Waals surface area contributed by atoms with Crippen LogP contribution in [-0.2, 0) is 9.59 Å². The van der Waals surface area contributed by atoms with Crippen LogP contribution in [0, 0.1) is 6.92 Å². The molecule has 2 aromatic rings. The Morgan fingerprint density at radius 3 is 2.64 bits per heavy atom. The summed E-state index contributed by atoms with van der Waals surface area (Å²) in [6.45, 7) is 1.86. The Morgan fingerprint density at radius 2 is 1.95 bits per heavy atom. The number of nitrogens with zero attached hydrogens (tertiary/aromatic N) is 3. The van der Waals surface area contributed by atoms with Gasteiger partial charge in [0.2, 0.25) is 11.8 Å². The molecule has 1 aliphatic rings. The predicted molar refractivity (Wildman–Crippen MR) is 87.7 cm³/mol. The number of amides is 2. The van der Waals surface area contributed by atoms with Gasteiger partial charge in [0.05, 0.1) is 5.69 Å². The molecular weight excluding hydrogens is 366 g/mol. The van der Waals surface area contributed by atoms with Gasteiger partial charge < -0.3 is 0 Å². The molecule has 0 unspecified atom stereocenters. The molecule has 3 rings (SSSR count). The van der Waals surface area contributed by atoms with E-state index in [2.05, 4.69) is 25.9 Å². The van der Waals surface area contributed by atoms with E-state index in [1.807, 2.05) is 6.92 Å². The lowest BCUT2D eigenvalue weighted by Crippen LogP contribution is -2.31. The van der Waals surface area contributed by atoms with E-state index in [1.54, 1.807) is 36.5 Å². The quantitative estimate of drug-likeness (QED) is 0.607.